The van der Waals surface area contributed by atoms with Crippen LogP contribution in [0, 0.1) is 0 Å². The van der Waals surface area contributed by atoms with Gasteiger partial charge in [0, 0.05) is 24.2 Å². The Hall–Kier alpha value is -7.79. The highest BCUT2D eigenvalue weighted by Gasteiger charge is 2.51. The Morgan fingerprint density at radius 3 is 1.27 bits per heavy atom. The van der Waals surface area contributed by atoms with Crippen molar-refractivity contribution in [3.05, 3.63) is 124 Å². The van der Waals surface area contributed by atoms with Gasteiger partial charge in [0.05, 0.1) is 148 Å². The maximum absolute atomic E-state index is 11.6. The molecule has 0 bridgehead atoms. The summed E-state index contributed by atoms with van der Waals surface area (Å²) >= 11 is 17.7. The van der Waals surface area contributed by atoms with Crippen molar-refractivity contribution in [2.24, 2.45) is 0 Å². The topological polar surface area (TPSA) is 301 Å². The molecular weight excluding hydrogens is 1260 g/mol. The predicted molar refractivity (Wildman–Crippen MR) is 353 cm³/mol. The van der Waals surface area contributed by atoms with E-state index in [-0.39, 0.29) is 77.8 Å². The number of fused-ring (bicyclic) bond motifs is 3. The number of hydrogen-bond acceptors (Lipinski definition) is 22. The third kappa shape index (κ3) is 19.0. The van der Waals surface area contributed by atoms with Gasteiger partial charge in [0.2, 0.25) is 16.5 Å². The van der Waals surface area contributed by atoms with E-state index in [1.54, 1.807) is 74.2 Å². The normalized spacial score (nSPS) is 14.6. The van der Waals surface area contributed by atoms with Crippen LogP contribution in [0.5, 0.6) is 0 Å². The number of anilines is 1. The van der Waals surface area contributed by atoms with Crippen LogP contribution in [0.4, 0.5) is 5.95 Å². The summed E-state index contributed by atoms with van der Waals surface area (Å²) in [5.41, 5.74) is 5.02. The molecule has 93 heavy (non-hydrogen) atoms. The Morgan fingerprint density at radius 2 is 0.871 bits per heavy atom. The predicted octanol–water partition coefficient (Wildman–Crippen LogP) is 8.05. The first kappa shape index (κ1) is 71.1. The molecule has 0 saturated carbocycles. The first-order valence-corrected chi connectivity index (χ1v) is 30.9. The maximum atomic E-state index is 11.6. The lowest BCUT2D eigenvalue weighted by molar-refractivity contribution is -0.140. The Balaban J connectivity index is 0.000000164. The number of carbonyl (C=O) groups excluding carboxylic acids is 3. The zero-order chi connectivity index (χ0) is 67.8. The van der Waals surface area contributed by atoms with Gasteiger partial charge in [-0.1, -0.05) is 84.4 Å². The van der Waals surface area contributed by atoms with Gasteiger partial charge in [0.25, 0.3) is 0 Å². The summed E-state index contributed by atoms with van der Waals surface area (Å²) in [6.07, 6.45) is 5.66. The van der Waals surface area contributed by atoms with Crippen LogP contribution in [0.2, 0.25) is 15.7 Å². The van der Waals surface area contributed by atoms with E-state index in [0.29, 0.717) is 73.4 Å². The van der Waals surface area contributed by atoms with Gasteiger partial charge < -0.3 is 48.5 Å². The third-order valence-corrected chi connectivity index (χ3v) is 15.6. The zero-order valence-corrected chi connectivity index (χ0v) is 56.5. The molecule has 0 spiro atoms. The van der Waals surface area contributed by atoms with E-state index >= 15 is 0 Å². The van der Waals surface area contributed by atoms with Crippen LogP contribution in [-0.4, -0.2) is 175 Å². The number of rotatable bonds is 16. The molecule has 0 amide bonds. The molecular formula is C64H77BCl3N13O12. The molecule has 2 aliphatic heterocycles. The molecule has 8 heterocycles. The minimum atomic E-state index is -0.938. The number of esters is 3. The van der Waals surface area contributed by atoms with Crippen LogP contribution >= 0.6 is 34.8 Å². The first-order valence-electron chi connectivity index (χ1n) is 29.7. The van der Waals surface area contributed by atoms with Gasteiger partial charge in [-0.25, -0.2) is 29.0 Å². The van der Waals surface area contributed by atoms with Crippen LogP contribution in [0.15, 0.2) is 91.4 Å². The second-order valence-electron chi connectivity index (χ2n) is 25.1. The van der Waals surface area contributed by atoms with Crippen molar-refractivity contribution in [2.75, 3.05) is 52.5 Å². The van der Waals surface area contributed by atoms with Crippen LogP contribution in [0.1, 0.15) is 85.9 Å². The second kappa shape index (κ2) is 29.7. The van der Waals surface area contributed by atoms with Crippen molar-refractivity contribution in [1.82, 2.24) is 59.2 Å². The standard InChI is InChI=1S/C22H27N5O4.C18H19ClN4O3.C15H21BO4.C9H10Cl2N4O/c1-22(2,29)14-27-20-17(13-23-27)19(24-21(25-20)26-8-10-31-11-9-26)16-6-4-15(5-7-16)12-18(28)30-3;1-18(2,25)10-23-16-13(9-20-23)15(21-17(19)22-16)12-6-4-11(5-7-12)8-14(24)26-3;1-14(2)15(3,4)20-16(19-14)12-8-6-11(7-9-12)10-13(17)18-5;1-9(2,16)4-15-7-5(3-12-15)6(10)13-8(11)14-7/h4-7,13,29H,8-12,14H2,1-3H3;4-7,9,25H,8,10H2,1-3H3;6-9H,10H2,1-5H3;3,16H,4H2,1-2H3. The molecule has 11 rings (SSSR count). The fourth-order valence-electron chi connectivity index (χ4n) is 9.61. The van der Waals surface area contributed by atoms with E-state index in [0.717, 1.165) is 49.7 Å². The highest BCUT2D eigenvalue weighted by molar-refractivity contribution is 6.62. The minimum Gasteiger partial charge on any atom is -0.469 e. The Bertz CT molecular complexity index is 4050. The second-order valence-corrected chi connectivity index (χ2v) is 26.2. The first-order chi connectivity index (χ1) is 43.7. The van der Waals surface area contributed by atoms with Gasteiger partial charge in [0.15, 0.2) is 16.9 Å². The molecule has 2 saturated heterocycles. The molecule has 0 radical (unpaired) electrons. The maximum Gasteiger partial charge on any atom is 0.494 e. The summed E-state index contributed by atoms with van der Waals surface area (Å²) in [6, 6.07) is 22.8. The smallest absolute Gasteiger partial charge is 0.469 e. The molecule has 0 atom stereocenters. The average Bonchev–Trinajstić information content (AvgIpc) is 1.71. The average molecular weight is 1340 g/mol. The van der Waals surface area contributed by atoms with Crippen molar-refractivity contribution in [1.29, 1.82) is 0 Å². The van der Waals surface area contributed by atoms with Crippen LogP contribution in [-0.2, 0) is 81.5 Å². The molecule has 29 heteroatoms. The lowest BCUT2D eigenvalue weighted by Crippen LogP contribution is -2.41. The summed E-state index contributed by atoms with van der Waals surface area (Å²) in [7, 11) is 3.77. The summed E-state index contributed by atoms with van der Waals surface area (Å²) in [4.78, 5) is 62.4. The number of morpholine rings is 1. The number of aliphatic hydroxyl groups is 3. The van der Waals surface area contributed by atoms with Crippen LogP contribution < -0.4 is 10.4 Å². The molecule has 3 N–H and O–H groups in total. The van der Waals surface area contributed by atoms with E-state index in [1.165, 1.54) is 21.3 Å². The largest absolute Gasteiger partial charge is 0.494 e. The minimum absolute atomic E-state index is 0.0648. The van der Waals surface area contributed by atoms with Crippen LogP contribution in [0.3, 0.4) is 0 Å². The van der Waals surface area contributed by atoms with Crippen molar-refractivity contribution in [2.45, 2.75) is 136 Å². The van der Waals surface area contributed by atoms with E-state index < -0.39 is 16.8 Å². The molecule has 0 unspecified atom stereocenters. The van der Waals surface area contributed by atoms with E-state index in [9.17, 15) is 29.7 Å². The molecule has 25 nitrogen and oxygen atoms in total. The van der Waals surface area contributed by atoms with Gasteiger partial charge in [-0.3, -0.25) is 14.4 Å². The zero-order valence-electron chi connectivity index (χ0n) is 54.3. The van der Waals surface area contributed by atoms with Crippen molar-refractivity contribution in [3.8, 4) is 22.5 Å². The SMILES string of the molecule is CC(C)(O)Cn1ncc2c(Cl)nc(Cl)nc21.COC(=O)Cc1ccc(-c2nc(Cl)nc3c2cnn3CC(C)(C)O)cc1.COC(=O)Cc1ccc(-c2nc(N3CCOCC3)nc3c2cnn3CC(C)(C)O)cc1.COC(=O)Cc1ccc(B2OC(C)(C)C(C)(C)O2)cc1. The summed E-state index contributed by atoms with van der Waals surface area (Å²) in [5.74, 6) is -0.201. The molecule has 0 aliphatic carbocycles. The highest BCUT2D eigenvalue weighted by Crippen LogP contribution is 2.37. The lowest BCUT2D eigenvalue weighted by Gasteiger charge is -2.32. The Morgan fingerprint density at radius 1 is 0.516 bits per heavy atom. The van der Waals surface area contributed by atoms with Crippen molar-refractivity contribution >= 4 is 104 Å². The number of carbonyl (C=O) groups is 3. The fraction of sp³-hybridized carbons (Fsp3) is 0.438. The Kier molecular flexibility index (Phi) is 22.7. The van der Waals surface area contributed by atoms with E-state index in [2.05, 4.69) is 49.6 Å². The number of methoxy groups -OCH3 is 3. The van der Waals surface area contributed by atoms with Gasteiger partial charge in [-0.15, -0.1) is 0 Å². The van der Waals surface area contributed by atoms with Crippen molar-refractivity contribution in [3.63, 3.8) is 0 Å². The number of benzene rings is 3. The van der Waals surface area contributed by atoms with E-state index in [1.807, 2.05) is 100 Å². The van der Waals surface area contributed by atoms with Gasteiger partial charge in [0.1, 0.15) is 5.15 Å². The molecule has 2 fully saturated rings. The highest BCUT2D eigenvalue weighted by atomic mass is 35.5. The number of nitrogens with zero attached hydrogens (tertiary/aromatic N) is 13. The van der Waals surface area contributed by atoms with Gasteiger partial charge in [-0.05, 0) is 115 Å². The number of ether oxygens (including phenoxy) is 4. The fourth-order valence-corrected chi connectivity index (χ4v) is 10.2. The van der Waals surface area contributed by atoms with Crippen LogP contribution in [0.25, 0.3) is 55.6 Å². The summed E-state index contributed by atoms with van der Waals surface area (Å²) in [5, 5.41) is 45.5. The van der Waals surface area contributed by atoms with Crippen molar-refractivity contribution < 1.29 is 58.0 Å². The molecule has 9 aromatic rings. The van der Waals surface area contributed by atoms with Gasteiger partial charge in [-0.2, -0.15) is 30.2 Å². The van der Waals surface area contributed by atoms with E-state index in [4.69, 9.17) is 63.6 Å². The molecule has 3 aromatic carbocycles. The van der Waals surface area contributed by atoms with Gasteiger partial charge >= 0.3 is 25.0 Å². The monoisotopic (exact) mass is 1340 g/mol. The number of halogens is 3. The number of hydrogen-bond donors (Lipinski definition) is 3. The third-order valence-electron chi connectivity index (χ3n) is 15.0. The number of aromatic nitrogens is 12. The summed E-state index contributed by atoms with van der Waals surface area (Å²) in [6.45, 7) is 21.9. The summed E-state index contributed by atoms with van der Waals surface area (Å²) < 4.78 is 36.4. The molecule has 6 aromatic heterocycles. The lowest BCUT2D eigenvalue weighted by atomic mass is 9.79. The quantitative estimate of drug-likeness (QED) is 0.0271. The molecule has 2 aliphatic rings. The molecule has 494 valence electrons. The Labute approximate surface area is 553 Å².